The van der Waals surface area contributed by atoms with Crippen molar-refractivity contribution in [3.63, 3.8) is 0 Å². The zero-order valence-electron chi connectivity index (χ0n) is 13.4. The van der Waals surface area contributed by atoms with Crippen LogP contribution in [0.5, 0.6) is 0 Å². The molecule has 112 valence electrons. The lowest BCUT2D eigenvalue weighted by Gasteiger charge is -2.44. The first-order chi connectivity index (χ1) is 9.08. The van der Waals surface area contributed by atoms with Crippen molar-refractivity contribution in [2.75, 3.05) is 7.11 Å². The van der Waals surface area contributed by atoms with Crippen molar-refractivity contribution in [3.8, 4) is 0 Å². The van der Waals surface area contributed by atoms with E-state index in [0.717, 1.165) is 12.8 Å². The van der Waals surface area contributed by atoms with Gasteiger partial charge in [0.15, 0.2) is 0 Å². The number of methoxy groups -OCH3 is 1. The van der Waals surface area contributed by atoms with Gasteiger partial charge in [-0.05, 0) is 37.0 Å². The van der Waals surface area contributed by atoms with Gasteiger partial charge in [-0.2, -0.15) is 0 Å². The van der Waals surface area contributed by atoms with E-state index in [1.54, 1.807) is 7.11 Å². The Kier molecular flexibility index (Phi) is 6.52. The van der Waals surface area contributed by atoms with Crippen LogP contribution >= 0.6 is 0 Å². The van der Waals surface area contributed by atoms with Gasteiger partial charge in [0.2, 0.25) is 0 Å². The summed E-state index contributed by atoms with van der Waals surface area (Å²) >= 11 is 0. The number of hydrogen-bond donors (Lipinski definition) is 0. The third kappa shape index (κ3) is 3.04. The molecule has 0 aromatic carbocycles. The summed E-state index contributed by atoms with van der Waals surface area (Å²) in [5.74, 6) is 1.50. The van der Waals surface area contributed by atoms with Crippen molar-refractivity contribution in [2.24, 2.45) is 23.7 Å². The van der Waals surface area contributed by atoms with Crippen LogP contribution in [-0.2, 0) is 9.53 Å². The number of hydrogen-bond acceptors (Lipinski definition) is 2. The van der Waals surface area contributed by atoms with Crippen molar-refractivity contribution in [2.45, 2.75) is 71.8 Å². The maximum absolute atomic E-state index is 11.8. The van der Waals surface area contributed by atoms with Gasteiger partial charge < -0.3 is 9.53 Å². The molecule has 1 saturated carbocycles. The normalized spacial score (nSPS) is 34.2. The molecule has 2 nitrogen and oxygen atoms in total. The molecule has 1 rings (SSSR count). The molecule has 0 aliphatic heterocycles. The Morgan fingerprint density at radius 3 is 2.21 bits per heavy atom. The summed E-state index contributed by atoms with van der Waals surface area (Å²) in [6.07, 6.45) is 8.21. The van der Waals surface area contributed by atoms with Crippen molar-refractivity contribution < 1.29 is 9.53 Å². The van der Waals surface area contributed by atoms with Gasteiger partial charge in [-0.1, -0.05) is 47.0 Å². The molecule has 1 aliphatic carbocycles. The average Bonchev–Trinajstić information content (AvgIpc) is 2.71. The van der Waals surface area contributed by atoms with Gasteiger partial charge in [-0.25, -0.2) is 0 Å². The van der Waals surface area contributed by atoms with Crippen LogP contribution in [0.15, 0.2) is 0 Å². The molecule has 19 heavy (non-hydrogen) atoms. The van der Waals surface area contributed by atoms with Crippen LogP contribution in [0.4, 0.5) is 0 Å². The maximum atomic E-state index is 11.8. The monoisotopic (exact) mass is 268 g/mol. The fourth-order valence-corrected chi connectivity index (χ4v) is 4.32. The molecule has 0 radical (unpaired) electrons. The van der Waals surface area contributed by atoms with Crippen LogP contribution in [0.3, 0.4) is 0 Å². The van der Waals surface area contributed by atoms with Crippen LogP contribution in [-0.4, -0.2) is 19.0 Å². The topological polar surface area (TPSA) is 26.3 Å². The Bertz CT molecular complexity index is 264. The molecule has 0 N–H and O–H groups in total. The molecule has 0 aromatic heterocycles. The maximum Gasteiger partial charge on any atom is 0.126 e. The standard InChI is InChI=1S/C17H32O2/c1-6-8-9-15(7-2)16(12-18)17(19-5)13(3)10-11-14(17)4/h12-16H,6-11H2,1-5H3. The summed E-state index contributed by atoms with van der Waals surface area (Å²) in [7, 11) is 1.81. The highest BCUT2D eigenvalue weighted by Gasteiger charge is 2.53. The number of rotatable bonds is 8. The summed E-state index contributed by atoms with van der Waals surface area (Å²) in [6.45, 7) is 8.95. The van der Waals surface area contributed by atoms with Crippen LogP contribution < -0.4 is 0 Å². The Morgan fingerprint density at radius 1 is 1.26 bits per heavy atom. The summed E-state index contributed by atoms with van der Waals surface area (Å²) < 4.78 is 6.01. The first-order valence-corrected chi connectivity index (χ1v) is 8.08. The van der Waals surface area contributed by atoms with Crippen molar-refractivity contribution in [1.29, 1.82) is 0 Å². The van der Waals surface area contributed by atoms with Gasteiger partial charge in [0.05, 0.1) is 5.60 Å². The molecule has 0 heterocycles. The van der Waals surface area contributed by atoms with E-state index in [1.807, 2.05) is 0 Å². The number of unbranched alkanes of at least 4 members (excludes halogenated alkanes) is 1. The van der Waals surface area contributed by atoms with Crippen LogP contribution in [0.25, 0.3) is 0 Å². The Labute approximate surface area is 119 Å². The zero-order chi connectivity index (χ0) is 14.5. The van der Waals surface area contributed by atoms with Gasteiger partial charge in [-0.3, -0.25) is 0 Å². The second kappa shape index (κ2) is 7.42. The van der Waals surface area contributed by atoms with Gasteiger partial charge >= 0.3 is 0 Å². The summed E-state index contributed by atoms with van der Waals surface area (Å²) in [5, 5.41) is 0. The predicted molar refractivity (Wildman–Crippen MR) is 80.2 cm³/mol. The largest absolute Gasteiger partial charge is 0.377 e. The van der Waals surface area contributed by atoms with E-state index < -0.39 is 0 Å². The van der Waals surface area contributed by atoms with Gasteiger partial charge in [0.1, 0.15) is 6.29 Å². The van der Waals surface area contributed by atoms with Crippen LogP contribution in [0, 0.1) is 23.7 Å². The highest BCUT2D eigenvalue weighted by Crippen LogP contribution is 2.50. The molecule has 0 spiro atoms. The van der Waals surface area contributed by atoms with E-state index in [1.165, 1.54) is 32.0 Å². The molecular weight excluding hydrogens is 236 g/mol. The van der Waals surface area contributed by atoms with E-state index >= 15 is 0 Å². The van der Waals surface area contributed by atoms with E-state index in [9.17, 15) is 4.79 Å². The lowest BCUT2D eigenvalue weighted by atomic mass is 9.68. The minimum Gasteiger partial charge on any atom is -0.377 e. The molecule has 4 unspecified atom stereocenters. The quantitative estimate of drug-likeness (QED) is 0.607. The Hall–Kier alpha value is -0.370. The van der Waals surface area contributed by atoms with Crippen molar-refractivity contribution in [3.05, 3.63) is 0 Å². The van der Waals surface area contributed by atoms with Crippen LogP contribution in [0.1, 0.15) is 66.2 Å². The van der Waals surface area contributed by atoms with E-state index in [0.29, 0.717) is 17.8 Å². The molecule has 0 bridgehead atoms. The summed E-state index contributed by atoms with van der Waals surface area (Å²) in [4.78, 5) is 11.8. The fourth-order valence-electron chi connectivity index (χ4n) is 4.32. The number of carbonyl (C=O) groups is 1. The van der Waals surface area contributed by atoms with Gasteiger partial charge in [-0.15, -0.1) is 0 Å². The number of carbonyl (C=O) groups excluding carboxylic acids is 1. The van der Waals surface area contributed by atoms with Gasteiger partial charge in [0.25, 0.3) is 0 Å². The third-order valence-electron chi connectivity index (χ3n) is 5.55. The lowest BCUT2D eigenvalue weighted by molar-refractivity contribution is -0.145. The number of ether oxygens (including phenoxy) is 1. The molecule has 1 fully saturated rings. The molecule has 2 heteroatoms. The minimum atomic E-state index is -0.226. The first kappa shape index (κ1) is 16.7. The van der Waals surface area contributed by atoms with Crippen molar-refractivity contribution >= 4 is 6.29 Å². The third-order valence-corrected chi connectivity index (χ3v) is 5.55. The first-order valence-electron chi connectivity index (χ1n) is 8.08. The lowest BCUT2D eigenvalue weighted by Crippen LogP contribution is -2.50. The number of aldehydes is 1. The Balaban J connectivity index is 2.99. The molecule has 0 amide bonds. The second-order valence-electron chi connectivity index (χ2n) is 6.41. The fraction of sp³-hybridized carbons (Fsp3) is 0.941. The highest BCUT2D eigenvalue weighted by atomic mass is 16.5. The van der Waals surface area contributed by atoms with Crippen LogP contribution in [0.2, 0.25) is 0 Å². The predicted octanol–water partition coefficient (Wildman–Crippen LogP) is 4.47. The molecular formula is C17H32O2. The smallest absolute Gasteiger partial charge is 0.126 e. The highest BCUT2D eigenvalue weighted by molar-refractivity contribution is 5.57. The minimum absolute atomic E-state index is 0.0570. The van der Waals surface area contributed by atoms with Crippen molar-refractivity contribution in [1.82, 2.24) is 0 Å². The average molecular weight is 268 g/mol. The second-order valence-corrected chi connectivity index (χ2v) is 6.41. The summed E-state index contributed by atoms with van der Waals surface area (Å²) in [6, 6.07) is 0. The molecule has 4 atom stereocenters. The van der Waals surface area contributed by atoms with E-state index in [-0.39, 0.29) is 11.5 Å². The summed E-state index contributed by atoms with van der Waals surface area (Å²) in [5.41, 5.74) is -0.226. The Morgan fingerprint density at radius 2 is 1.84 bits per heavy atom. The molecule has 1 aliphatic rings. The van der Waals surface area contributed by atoms with E-state index in [2.05, 4.69) is 27.7 Å². The van der Waals surface area contributed by atoms with Gasteiger partial charge in [0, 0.05) is 13.0 Å². The SMILES string of the molecule is CCCCC(CC)C(C=O)C1(OC)C(C)CCC1C. The molecule has 0 aromatic rings. The van der Waals surface area contributed by atoms with E-state index in [4.69, 9.17) is 4.74 Å². The zero-order valence-corrected chi connectivity index (χ0v) is 13.4. The molecule has 0 saturated heterocycles.